The third-order valence-corrected chi connectivity index (χ3v) is 4.33. The average Bonchev–Trinajstić information content (AvgIpc) is 2.41. The lowest BCUT2D eigenvalue weighted by Gasteiger charge is -2.15. The van der Waals surface area contributed by atoms with Crippen molar-refractivity contribution in [1.82, 2.24) is 0 Å². The summed E-state index contributed by atoms with van der Waals surface area (Å²) in [6.07, 6.45) is 0. The number of thioether (sulfide) groups is 1. The second-order valence-electron chi connectivity index (χ2n) is 4.08. The van der Waals surface area contributed by atoms with Crippen LogP contribution in [0.25, 0.3) is 0 Å². The molecular weight excluding hydrogens is 262 g/mol. The first-order chi connectivity index (χ1) is 8.79. The van der Waals surface area contributed by atoms with Crippen molar-refractivity contribution in [2.24, 2.45) is 5.73 Å². The Labute approximate surface area is 117 Å². The van der Waals surface area contributed by atoms with Crippen molar-refractivity contribution in [3.05, 3.63) is 70.7 Å². The number of benzene rings is 2. The Morgan fingerprint density at radius 2 is 1.83 bits per heavy atom. The minimum absolute atomic E-state index is 0.295. The Hall–Kier alpha value is -0.960. The molecule has 2 aromatic rings. The highest BCUT2D eigenvalue weighted by Gasteiger charge is 2.10. The van der Waals surface area contributed by atoms with Gasteiger partial charge in [-0.05, 0) is 23.3 Å². The van der Waals surface area contributed by atoms with Gasteiger partial charge in [0, 0.05) is 22.6 Å². The van der Waals surface area contributed by atoms with Gasteiger partial charge < -0.3 is 5.73 Å². The number of halogens is 1. The summed E-state index contributed by atoms with van der Waals surface area (Å²) in [5.41, 5.74) is 8.38. The van der Waals surface area contributed by atoms with Crippen molar-refractivity contribution >= 4 is 23.4 Å². The summed E-state index contributed by atoms with van der Waals surface area (Å²) in [4.78, 5) is 0. The molecule has 2 rings (SSSR count). The second-order valence-corrected chi connectivity index (χ2v) is 5.70. The van der Waals surface area contributed by atoms with Crippen LogP contribution in [0.4, 0.5) is 0 Å². The van der Waals surface area contributed by atoms with Crippen LogP contribution in [0.15, 0.2) is 54.6 Å². The van der Waals surface area contributed by atoms with Gasteiger partial charge in [-0.3, -0.25) is 0 Å². The van der Waals surface area contributed by atoms with Gasteiger partial charge in [-0.15, -0.1) is 11.8 Å². The summed E-state index contributed by atoms with van der Waals surface area (Å²) >= 11 is 7.87. The second kappa shape index (κ2) is 6.83. The molecule has 1 nitrogen and oxygen atoms in total. The molecule has 1 unspecified atom stereocenters. The molecule has 0 bridgehead atoms. The molecule has 0 aromatic heterocycles. The van der Waals surface area contributed by atoms with E-state index in [0.717, 1.165) is 10.8 Å². The fourth-order valence-electron chi connectivity index (χ4n) is 1.78. The molecule has 0 aliphatic carbocycles. The normalized spacial score (nSPS) is 12.3. The molecule has 1 atom stereocenters. The molecule has 0 spiro atoms. The summed E-state index contributed by atoms with van der Waals surface area (Å²) in [5, 5.41) is 1.06. The minimum atomic E-state index is 0.295. The van der Waals surface area contributed by atoms with Crippen LogP contribution in [-0.4, -0.2) is 6.54 Å². The molecule has 0 heterocycles. The van der Waals surface area contributed by atoms with Crippen LogP contribution >= 0.6 is 23.4 Å². The molecule has 94 valence electrons. The van der Waals surface area contributed by atoms with Crippen molar-refractivity contribution in [3.8, 4) is 0 Å². The minimum Gasteiger partial charge on any atom is -0.329 e. The lowest BCUT2D eigenvalue weighted by atomic mass is 10.1. The zero-order valence-electron chi connectivity index (χ0n) is 10.1. The van der Waals surface area contributed by atoms with Gasteiger partial charge in [0.2, 0.25) is 0 Å². The van der Waals surface area contributed by atoms with Crippen molar-refractivity contribution in [1.29, 1.82) is 0 Å². The molecule has 0 aliphatic rings. The summed E-state index contributed by atoms with van der Waals surface area (Å²) in [7, 11) is 0. The third-order valence-electron chi connectivity index (χ3n) is 2.73. The van der Waals surface area contributed by atoms with Crippen LogP contribution in [0, 0.1) is 0 Å². The smallest absolute Gasteiger partial charge is 0.0423 e. The molecule has 0 aliphatic heterocycles. The predicted octanol–water partition coefficient (Wildman–Crippen LogP) is 4.27. The zero-order valence-corrected chi connectivity index (χ0v) is 11.6. The number of hydrogen-bond acceptors (Lipinski definition) is 2. The molecule has 3 heteroatoms. The Bertz CT molecular complexity index is 487. The van der Waals surface area contributed by atoms with Crippen LogP contribution in [0.3, 0.4) is 0 Å². The molecule has 0 fully saturated rings. The summed E-state index contributed by atoms with van der Waals surface area (Å²) in [6.45, 7) is 0.623. The lowest BCUT2D eigenvalue weighted by Crippen LogP contribution is -2.09. The van der Waals surface area contributed by atoms with Crippen LogP contribution in [0.1, 0.15) is 16.4 Å². The first kappa shape index (κ1) is 13.5. The maximum absolute atomic E-state index is 6.01. The fourth-order valence-corrected chi connectivity index (χ4v) is 3.04. The van der Waals surface area contributed by atoms with Gasteiger partial charge in [0.15, 0.2) is 0 Å². The molecular formula is C15H16ClNS. The van der Waals surface area contributed by atoms with E-state index in [1.54, 1.807) is 0 Å². The highest BCUT2D eigenvalue weighted by atomic mass is 35.5. The molecule has 0 amide bonds. The van der Waals surface area contributed by atoms with Crippen LogP contribution < -0.4 is 5.73 Å². The van der Waals surface area contributed by atoms with E-state index in [0.29, 0.717) is 11.8 Å². The monoisotopic (exact) mass is 277 g/mol. The van der Waals surface area contributed by atoms with E-state index in [4.69, 9.17) is 17.3 Å². The van der Waals surface area contributed by atoms with E-state index in [1.807, 2.05) is 36.0 Å². The predicted molar refractivity (Wildman–Crippen MR) is 81.0 cm³/mol. The topological polar surface area (TPSA) is 26.0 Å². The summed E-state index contributed by atoms with van der Waals surface area (Å²) in [5.74, 6) is 0.967. The van der Waals surface area contributed by atoms with Crippen molar-refractivity contribution in [3.63, 3.8) is 0 Å². The van der Waals surface area contributed by atoms with Gasteiger partial charge in [-0.2, -0.15) is 0 Å². The first-order valence-electron chi connectivity index (χ1n) is 5.90. The van der Waals surface area contributed by atoms with Gasteiger partial charge >= 0.3 is 0 Å². The van der Waals surface area contributed by atoms with E-state index >= 15 is 0 Å². The number of hydrogen-bond donors (Lipinski definition) is 1. The Kier molecular flexibility index (Phi) is 5.12. The SMILES string of the molecule is NCC(SCc1ccccc1)c1cccc(Cl)c1. The van der Waals surface area contributed by atoms with E-state index in [9.17, 15) is 0 Å². The molecule has 0 radical (unpaired) electrons. The van der Waals surface area contributed by atoms with Crippen molar-refractivity contribution in [2.75, 3.05) is 6.54 Å². The molecule has 18 heavy (non-hydrogen) atoms. The molecule has 0 saturated carbocycles. The van der Waals surface area contributed by atoms with Crippen LogP contribution in [0.2, 0.25) is 5.02 Å². The van der Waals surface area contributed by atoms with Gasteiger partial charge in [-0.1, -0.05) is 54.1 Å². The quantitative estimate of drug-likeness (QED) is 0.883. The van der Waals surface area contributed by atoms with Gasteiger partial charge in [0.25, 0.3) is 0 Å². The van der Waals surface area contributed by atoms with E-state index in [1.165, 1.54) is 11.1 Å². The standard InChI is InChI=1S/C15H16ClNS/c16-14-8-4-7-13(9-14)15(10-17)18-11-12-5-2-1-3-6-12/h1-9,15H,10-11,17H2. The summed E-state index contributed by atoms with van der Waals surface area (Å²) < 4.78 is 0. The zero-order chi connectivity index (χ0) is 12.8. The van der Waals surface area contributed by atoms with Crippen LogP contribution in [-0.2, 0) is 5.75 Å². The van der Waals surface area contributed by atoms with Gasteiger partial charge in [-0.25, -0.2) is 0 Å². The fraction of sp³-hybridized carbons (Fsp3) is 0.200. The van der Waals surface area contributed by atoms with E-state index in [-0.39, 0.29) is 0 Å². The molecule has 2 N–H and O–H groups in total. The Morgan fingerprint density at radius 1 is 1.06 bits per heavy atom. The lowest BCUT2D eigenvalue weighted by molar-refractivity contribution is 0.940. The Balaban J connectivity index is 2.02. The van der Waals surface area contributed by atoms with Crippen LogP contribution in [0.5, 0.6) is 0 Å². The van der Waals surface area contributed by atoms with Crippen molar-refractivity contribution in [2.45, 2.75) is 11.0 Å². The highest BCUT2D eigenvalue weighted by Crippen LogP contribution is 2.31. The van der Waals surface area contributed by atoms with Gasteiger partial charge in [0.05, 0.1) is 0 Å². The largest absolute Gasteiger partial charge is 0.329 e. The highest BCUT2D eigenvalue weighted by molar-refractivity contribution is 7.98. The first-order valence-corrected chi connectivity index (χ1v) is 7.33. The molecule has 2 aromatic carbocycles. The van der Waals surface area contributed by atoms with E-state index in [2.05, 4.69) is 30.3 Å². The van der Waals surface area contributed by atoms with E-state index < -0.39 is 0 Å². The summed E-state index contributed by atoms with van der Waals surface area (Å²) in [6, 6.07) is 18.4. The number of nitrogens with two attached hydrogens (primary N) is 1. The maximum Gasteiger partial charge on any atom is 0.0423 e. The number of rotatable bonds is 5. The Morgan fingerprint density at radius 3 is 2.50 bits per heavy atom. The maximum atomic E-state index is 6.01. The van der Waals surface area contributed by atoms with Crippen molar-refractivity contribution < 1.29 is 0 Å². The third kappa shape index (κ3) is 3.77. The average molecular weight is 278 g/mol. The van der Waals surface area contributed by atoms with Gasteiger partial charge in [0.1, 0.15) is 0 Å². The molecule has 0 saturated heterocycles.